The number of benzene rings is 2. The number of aromatic nitrogens is 1. The van der Waals surface area contributed by atoms with Crippen molar-refractivity contribution in [2.24, 2.45) is 5.92 Å². The molecule has 5 rings (SSSR count). The van der Waals surface area contributed by atoms with E-state index in [4.69, 9.17) is 4.74 Å². The number of rotatable bonds is 12. The lowest BCUT2D eigenvalue weighted by Crippen LogP contribution is -2.33. The van der Waals surface area contributed by atoms with E-state index in [1.165, 1.54) is 49.4 Å². The Hall–Kier alpha value is -3.54. The van der Waals surface area contributed by atoms with Crippen LogP contribution in [0.1, 0.15) is 89.7 Å². The molecule has 0 bridgehead atoms. The largest absolute Gasteiger partial charge is 0.494 e. The number of nitrogens with zero attached hydrogens (tertiary/aromatic N) is 2. The van der Waals surface area contributed by atoms with Crippen LogP contribution in [0.5, 0.6) is 5.75 Å². The zero-order valence-corrected chi connectivity index (χ0v) is 24.5. The minimum atomic E-state index is -0.279. The van der Waals surface area contributed by atoms with E-state index >= 15 is 0 Å². The first-order valence-corrected chi connectivity index (χ1v) is 15.1. The number of ether oxygens (including phenoxy) is 1. The summed E-state index contributed by atoms with van der Waals surface area (Å²) in [6.07, 6.45) is 10.7. The second-order valence-corrected chi connectivity index (χ2v) is 11.7. The van der Waals surface area contributed by atoms with E-state index in [1.54, 1.807) is 0 Å². The normalized spacial score (nSPS) is 16.5. The van der Waals surface area contributed by atoms with Gasteiger partial charge in [0.25, 0.3) is 5.91 Å². The van der Waals surface area contributed by atoms with Crippen molar-refractivity contribution in [3.8, 4) is 5.75 Å². The quantitative estimate of drug-likeness (QED) is 0.240. The monoisotopic (exact) mass is 541 g/mol. The maximum atomic E-state index is 13.7. The van der Waals surface area contributed by atoms with Crippen LogP contribution in [0.4, 0.5) is 5.69 Å². The molecule has 0 unspecified atom stereocenters. The fourth-order valence-electron chi connectivity index (χ4n) is 6.03. The third-order valence-corrected chi connectivity index (χ3v) is 8.25. The highest BCUT2D eigenvalue weighted by Gasteiger charge is 2.41. The van der Waals surface area contributed by atoms with Crippen LogP contribution in [0.2, 0.25) is 0 Å². The predicted molar refractivity (Wildman–Crippen MR) is 162 cm³/mol. The zero-order valence-electron chi connectivity index (χ0n) is 24.5. The standard InChI is InChI=1S/C34H43N3O3/c1-5-6-7-8-9-10-20-40-26-16-14-25(15-17-26)31-27-21-36(19-18-23(2)3)30-13-11-12-28(32(27)30)35-29-22-37(24(4)38)34(39)33(29)31/h11-17,21,23,31,35H,5-10,18-20,22H2,1-4H3/t31-/m0/s1. The Labute approximate surface area is 238 Å². The average Bonchev–Trinajstić information content (AvgIpc) is 3.42. The number of anilines is 1. The Morgan fingerprint density at radius 3 is 2.52 bits per heavy atom. The number of unbranched alkanes of at least 4 members (excludes halogenated alkanes) is 5. The molecule has 0 fully saturated rings. The van der Waals surface area contributed by atoms with E-state index < -0.39 is 0 Å². The first-order valence-electron chi connectivity index (χ1n) is 15.1. The third-order valence-electron chi connectivity index (χ3n) is 8.25. The van der Waals surface area contributed by atoms with Gasteiger partial charge in [0, 0.05) is 42.4 Å². The SMILES string of the molecule is CCCCCCCCOc1ccc([C@@H]2C3=C(CN(C(C)=O)C3=O)Nc3cccc4c3c2cn4CCC(C)C)cc1. The molecule has 0 radical (unpaired) electrons. The predicted octanol–water partition coefficient (Wildman–Crippen LogP) is 7.63. The lowest BCUT2D eigenvalue weighted by molar-refractivity contribution is -0.139. The molecule has 6 heteroatoms. The van der Waals surface area contributed by atoms with Crippen molar-refractivity contribution < 1.29 is 14.3 Å². The molecule has 3 heterocycles. The summed E-state index contributed by atoms with van der Waals surface area (Å²) in [7, 11) is 0. The topological polar surface area (TPSA) is 63.6 Å². The molecule has 40 heavy (non-hydrogen) atoms. The maximum Gasteiger partial charge on any atom is 0.259 e. The van der Waals surface area contributed by atoms with Gasteiger partial charge in [-0.1, -0.05) is 71.1 Å². The fourth-order valence-corrected chi connectivity index (χ4v) is 6.03. The average molecular weight is 542 g/mol. The van der Waals surface area contributed by atoms with Gasteiger partial charge in [0.2, 0.25) is 5.91 Å². The van der Waals surface area contributed by atoms with Crippen molar-refractivity contribution in [1.29, 1.82) is 0 Å². The summed E-state index contributed by atoms with van der Waals surface area (Å²) in [4.78, 5) is 27.5. The molecule has 2 aliphatic heterocycles. The molecule has 2 aliphatic rings. The Morgan fingerprint density at radius 1 is 1.05 bits per heavy atom. The van der Waals surface area contributed by atoms with Crippen molar-refractivity contribution in [3.63, 3.8) is 0 Å². The molecule has 6 nitrogen and oxygen atoms in total. The van der Waals surface area contributed by atoms with E-state index in [2.05, 4.69) is 67.2 Å². The molecule has 1 N–H and O–H groups in total. The smallest absolute Gasteiger partial charge is 0.259 e. The van der Waals surface area contributed by atoms with Gasteiger partial charge in [0.15, 0.2) is 0 Å². The van der Waals surface area contributed by atoms with Crippen LogP contribution in [0.15, 0.2) is 59.9 Å². The fraction of sp³-hybridized carbons (Fsp3) is 0.471. The van der Waals surface area contributed by atoms with E-state index in [-0.39, 0.29) is 24.3 Å². The summed E-state index contributed by atoms with van der Waals surface area (Å²) >= 11 is 0. The summed E-state index contributed by atoms with van der Waals surface area (Å²) in [6, 6.07) is 14.5. The molecule has 1 atom stereocenters. The highest BCUT2D eigenvalue weighted by molar-refractivity contribution is 6.11. The molecule has 3 aromatic rings. The minimum Gasteiger partial charge on any atom is -0.494 e. The maximum absolute atomic E-state index is 13.7. The van der Waals surface area contributed by atoms with Gasteiger partial charge >= 0.3 is 0 Å². The third kappa shape index (κ3) is 5.67. The Balaban J connectivity index is 1.47. The van der Waals surface area contributed by atoms with Gasteiger partial charge in [-0.15, -0.1) is 0 Å². The number of aryl methyl sites for hydroxylation is 1. The van der Waals surface area contributed by atoms with Crippen LogP contribution in [-0.2, 0) is 16.1 Å². The van der Waals surface area contributed by atoms with Crippen LogP contribution in [0, 0.1) is 5.92 Å². The summed E-state index contributed by atoms with van der Waals surface area (Å²) in [5.74, 6) is 0.716. The van der Waals surface area contributed by atoms with Crippen LogP contribution in [0.3, 0.4) is 0 Å². The molecular formula is C34H43N3O3. The summed E-state index contributed by atoms with van der Waals surface area (Å²) in [5.41, 5.74) is 5.76. The van der Waals surface area contributed by atoms with Crippen LogP contribution in [-0.4, -0.2) is 34.4 Å². The number of imide groups is 1. The van der Waals surface area contributed by atoms with E-state index in [0.717, 1.165) is 53.0 Å². The molecule has 2 aromatic carbocycles. The number of hydrogen-bond acceptors (Lipinski definition) is 4. The number of carbonyl (C=O) groups excluding carboxylic acids is 2. The highest BCUT2D eigenvalue weighted by Crippen LogP contribution is 2.46. The van der Waals surface area contributed by atoms with Crippen LogP contribution in [0.25, 0.3) is 10.9 Å². The summed E-state index contributed by atoms with van der Waals surface area (Å²) in [6.45, 7) is 10.1. The van der Waals surface area contributed by atoms with Crippen molar-refractivity contribution in [2.75, 3.05) is 18.5 Å². The van der Waals surface area contributed by atoms with Gasteiger partial charge in [-0.05, 0) is 54.2 Å². The first-order chi connectivity index (χ1) is 19.4. The molecule has 0 aliphatic carbocycles. The number of carbonyl (C=O) groups is 2. The Morgan fingerprint density at radius 2 is 1.80 bits per heavy atom. The molecule has 1 aromatic heterocycles. The number of hydrogen-bond donors (Lipinski definition) is 1. The van der Waals surface area contributed by atoms with E-state index in [1.807, 2.05) is 12.1 Å². The van der Waals surface area contributed by atoms with Gasteiger partial charge in [0.1, 0.15) is 5.75 Å². The van der Waals surface area contributed by atoms with Crippen molar-refractivity contribution in [1.82, 2.24) is 9.47 Å². The van der Waals surface area contributed by atoms with Gasteiger partial charge in [-0.25, -0.2) is 0 Å². The summed E-state index contributed by atoms with van der Waals surface area (Å²) in [5, 5.41) is 4.72. The highest BCUT2D eigenvalue weighted by atomic mass is 16.5. The van der Waals surface area contributed by atoms with Crippen LogP contribution >= 0.6 is 0 Å². The van der Waals surface area contributed by atoms with Gasteiger partial charge in [0.05, 0.1) is 24.2 Å². The second-order valence-electron chi connectivity index (χ2n) is 11.7. The molecular weight excluding hydrogens is 498 g/mol. The number of amides is 2. The Kier molecular flexibility index (Phi) is 8.63. The van der Waals surface area contributed by atoms with Crippen molar-refractivity contribution in [2.45, 2.75) is 85.1 Å². The zero-order chi connectivity index (χ0) is 28.2. The van der Waals surface area contributed by atoms with E-state index in [0.29, 0.717) is 18.1 Å². The van der Waals surface area contributed by atoms with Crippen LogP contribution < -0.4 is 10.1 Å². The molecule has 0 saturated heterocycles. The minimum absolute atomic E-state index is 0.209. The molecule has 212 valence electrons. The van der Waals surface area contributed by atoms with Gasteiger partial charge in [-0.2, -0.15) is 0 Å². The van der Waals surface area contributed by atoms with Gasteiger partial charge < -0.3 is 14.6 Å². The lowest BCUT2D eigenvalue weighted by atomic mass is 9.84. The Bertz CT molecular complexity index is 1400. The number of nitrogens with one attached hydrogen (secondary N) is 1. The van der Waals surface area contributed by atoms with Crippen molar-refractivity contribution >= 4 is 28.4 Å². The molecule has 0 saturated carbocycles. The van der Waals surface area contributed by atoms with E-state index in [9.17, 15) is 9.59 Å². The molecule has 0 spiro atoms. The summed E-state index contributed by atoms with van der Waals surface area (Å²) < 4.78 is 8.39. The second kappa shape index (κ2) is 12.3. The lowest BCUT2D eigenvalue weighted by Gasteiger charge is -2.20. The molecule has 2 amide bonds. The van der Waals surface area contributed by atoms with Gasteiger partial charge in [-0.3, -0.25) is 14.5 Å². The first kappa shape index (κ1) is 28.0. The van der Waals surface area contributed by atoms with Crippen molar-refractivity contribution in [3.05, 3.63) is 71.1 Å².